The molecule has 17 heavy (non-hydrogen) atoms. The Kier molecular flexibility index (Phi) is 2.25. The van der Waals surface area contributed by atoms with Gasteiger partial charge in [-0.1, -0.05) is 12.1 Å². The summed E-state index contributed by atoms with van der Waals surface area (Å²) in [6.45, 7) is 0. The van der Waals surface area contributed by atoms with Crippen LogP contribution in [0.2, 0.25) is 0 Å². The summed E-state index contributed by atoms with van der Waals surface area (Å²) in [5.41, 5.74) is 5.24. The van der Waals surface area contributed by atoms with Gasteiger partial charge in [-0.05, 0) is 18.6 Å². The van der Waals surface area contributed by atoms with Crippen molar-refractivity contribution < 1.29 is 8.78 Å². The molecular formula is C12H12F2N2S. The lowest BCUT2D eigenvalue weighted by atomic mass is 10.1. The van der Waals surface area contributed by atoms with E-state index in [2.05, 4.69) is 4.98 Å². The highest BCUT2D eigenvalue weighted by molar-refractivity contribution is 7.18. The smallest absolute Gasteiger partial charge is 0.267 e. The summed E-state index contributed by atoms with van der Waals surface area (Å²) in [5, 5.41) is 0.888. The molecular weight excluding hydrogens is 242 g/mol. The van der Waals surface area contributed by atoms with Crippen molar-refractivity contribution in [3.8, 4) is 0 Å². The van der Waals surface area contributed by atoms with Crippen LogP contribution in [0.15, 0.2) is 24.3 Å². The number of aromatic nitrogens is 1. The Morgan fingerprint density at radius 2 is 2.06 bits per heavy atom. The van der Waals surface area contributed by atoms with E-state index in [4.69, 9.17) is 5.73 Å². The SMILES string of the molecule is NC1(CCc2nc3ccccc3s2)CC1(F)F. The highest BCUT2D eigenvalue weighted by Crippen LogP contribution is 2.53. The van der Waals surface area contributed by atoms with Crippen LogP contribution in [0.4, 0.5) is 8.78 Å². The van der Waals surface area contributed by atoms with Crippen LogP contribution in [0.5, 0.6) is 0 Å². The molecule has 2 N–H and O–H groups in total. The van der Waals surface area contributed by atoms with E-state index in [0.717, 1.165) is 15.2 Å². The molecule has 1 aliphatic rings. The number of alkyl halides is 2. The molecule has 3 rings (SSSR count). The fourth-order valence-corrected chi connectivity index (χ4v) is 2.95. The Labute approximate surface area is 101 Å². The molecule has 2 aromatic rings. The van der Waals surface area contributed by atoms with Crippen LogP contribution >= 0.6 is 11.3 Å². The van der Waals surface area contributed by atoms with E-state index in [0.29, 0.717) is 12.8 Å². The highest BCUT2D eigenvalue weighted by Gasteiger charge is 2.68. The molecule has 1 aromatic carbocycles. The minimum atomic E-state index is -2.68. The highest BCUT2D eigenvalue weighted by atomic mass is 32.1. The van der Waals surface area contributed by atoms with Gasteiger partial charge in [0.1, 0.15) is 0 Å². The average molecular weight is 254 g/mol. The van der Waals surface area contributed by atoms with Crippen LogP contribution in [-0.2, 0) is 6.42 Å². The van der Waals surface area contributed by atoms with Crippen LogP contribution in [0.3, 0.4) is 0 Å². The Balaban J connectivity index is 1.74. The molecule has 1 unspecified atom stereocenters. The largest absolute Gasteiger partial charge is 0.320 e. The molecule has 1 aliphatic carbocycles. The summed E-state index contributed by atoms with van der Waals surface area (Å²) in [4.78, 5) is 4.41. The van der Waals surface area contributed by atoms with E-state index >= 15 is 0 Å². The van der Waals surface area contributed by atoms with Gasteiger partial charge in [0.2, 0.25) is 0 Å². The number of nitrogens with two attached hydrogens (primary N) is 1. The van der Waals surface area contributed by atoms with Gasteiger partial charge in [-0.2, -0.15) is 0 Å². The fraction of sp³-hybridized carbons (Fsp3) is 0.417. The van der Waals surface area contributed by atoms with Crippen molar-refractivity contribution >= 4 is 21.6 Å². The second-order valence-corrected chi connectivity index (χ2v) is 5.73. The third kappa shape index (κ3) is 1.83. The zero-order chi connectivity index (χ0) is 12.1. The molecule has 0 saturated heterocycles. The maximum Gasteiger partial charge on any atom is 0.267 e. The second kappa shape index (κ2) is 3.46. The summed E-state index contributed by atoms with van der Waals surface area (Å²) in [5.74, 6) is -2.68. The van der Waals surface area contributed by atoms with E-state index in [1.807, 2.05) is 24.3 Å². The standard InChI is InChI=1S/C12H12F2N2S/c13-12(14)7-11(12,15)6-5-10-16-8-3-1-2-4-9(8)17-10/h1-4H,5-7,15H2. The van der Waals surface area contributed by atoms with Gasteiger partial charge < -0.3 is 5.73 Å². The number of halogens is 2. The number of fused-ring (bicyclic) bond motifs is 1. The minimum Gasteiger partial charge on any atom is -0.320 e. The summed E-state index contributed by atoms with van der Waals surface area (Å²) < 4.78 is 27.0. The van der Waals surface area contributed by atoms with Gasteiger partial charge in [-0.15, -0.1) is 11.3 Å². The first kappa shape index (κ1) is 11.0. The lowest BCUT2D eigenvalue weighted by molar-refractivity contribution is 0.0873. The molecule has 1 aromatic heterocycles. The van der Waals surface area contributed by atoms with Crippen molar-refractivity contribution in [3.63, 3.8) is 0 Å². The van der Waals surface area contributed by atoms with Crippen molar-refractivity contribution in [1.82, 2.24) is 4.98 Å². The maximum absolute atomic E-state index is 12.9. The van der Waals surface area contributed by atoms with Gasteiger partial charge in [0, 0.05) is 12.8 Å². The second-order valence-electron chi connectivity index (χ2n) is 4.61. The van der Waals surface area contributed by atoms with E-state index in [1.54, 1.807) is 11.3 Å². The van der Waals surface area contributed by atoms with Crippen LogP contribution in [0, 0.1) is 0 Å². The summed E-state index contributed by atoms with van der Waals surface area (Å²) >= 11 is 1.55. The van der Waals surface area contributed by atoms with E-state index in [1.165, 1.54) is 0 Å². The molecule has 1 saturated carbocycles. The monoisotopic (exact) mass is 254 g/mol. The number of nitrogens with zero attached hydrogens (tertiary/aromatic N) is 1. The predicted octanol–water partition coefficient (Wildman–Crippen LogP) is 2.97. The number of aryl methyl sites for hydroxylation is 1. The van der Waals surface area contributed by atoms with Crippen molar-refractivity contribution in [1.29, 1.82) is 0 Å². The number of para-hydroxylation sites is 1. The Bertz CT molecular complexity index is 533. The molecule has 0 bridgehead atoms. The van der Waals surface area contributed by atoms with Gasteiger partial charge >= 0.3 is 0 Å². The van der Waals surface area contributed by atoms with Crippen molar-refractivity contribution in [3.05, 3.63) is 29.3 Å². The normalized spacial score (nSPS) is 26.3. The quantitative estimate of drug-likeness (QED) is 0.914. The maximum atomic E-state index is 12.9. The van der Waals surface area contributed by atoms with Crippen molar-refractivity contribution in [2.24, 2.45) is 5.73 Å². The fourth-order valence-electron chi connectivity index (χ4n) is 1.98. The topological polar surface area (TPSA) is 38.9 Å². The van der Waals surface area contributed by atoms with E-state index < -0.39 is 11.5 Å². The third-order valence-electron chi connectivity index (χ3n) is 3.26. The van der Waals surface area contributed by atoms with Crippen LogP contribution < -0.4 is 5.73 Å². The lowest BCUT2D eigenvalue weighted by Crippen LogP contribution is -2.30. The molecule has 1 heterocycles. The first-order valence-corrected chi connectivity index (χ1v) is 6.33. The zero-order valence-electron chi connectivity index (χ0n) is 9.12. The zero-order valence-corrected chi connectivity index (χ0v) is 9.94. The van der Waals surface area contributed by atoms with Crippen LogP contribution in [0.25, 0.3) is 10.2 Å². The first-order valence-electron chi connectivity index (χ1n) is 5.51. The molecule has 0 radical (unpaired) electrons. The number of benzene rings is 1. The van der Waals surface area contributed by atoms with E-state index in [-0.39, 0.29) is 6.42 Å². The van der Waals surface area contributed by atoms with Gasteiger partial charge in [-0.3, -0.25) is 0 Å². The summed E-state index contributed by atoms with van der Waals surface area (Å²) in [6.07, 6.45) is 0.649. The van der Waals surface area contributed by atoms with E-state index in [9.17, 15) is 8.78 Å². The predicted molar refractivity (Wildman–Crippen MR) is 64.4 cm³/mol. The Hall–Kier alpha value is -1.07. The Morgan fingerprint density at radius 3 is 2.71 bits per heavy atom. The molecule has 1 fully saturated rings. The van der Waals surface area contributed by atoms with Gasteiger partial charge in [0.15, 0.2) is 0 Å². The summed E-state index contributed by atoms with van der Waals surface area (Å²) in [6, 6.07) is 7.79. The van der Waals surface area contributed by atoms with Crippen molar-refractivity contribution in [2.45, 2.75) is 30.7 Å². The molecule has 1 atom stereocenters. The number of hydrogen-bond donors (Lipinski definition) is 1. The Morgan fingerprint density at radius 1 is 1.35 bits per heavy atom. The summed E-state index contributed by atoms with van der Waals surface area (Å²) in [7, 11) is 0. The number of hydrogen-bond acceptors (Lipinski definition) is 3. The third-order valence-corrected chi connectivity index (χ3v) is 4.36. The number of thiazole rings is 1. The van der Waals surface area contributed by atoms with Gasteiger partial charge in [0.05, 0.1) is 20.8 Å². The molecule has 0 amide bonds. The van der Waals surface area contributed by atoms with Gasteiger partial charge in [0.25, 0.3) is 5.92 Å². The molecule has 90 valence electrons. The molecule has 2 nitrogen and oxygen atoms in total. The molecule has 5 heteroatoms. The average Bonchev–Trinajstić information content (AvgIpc) is 2.64. The first-order chi connectivity index (χ1) is 8.00. The minimum absolute atomic E-state index is 0.190. The van der Waals surface area contributed by atoms with Crippen LogP contribution in [-0.4, -0.2) is 16.4 Å². The van der Waals surface area contributed by atoms with Crippen LogP contribution in [0.1, 0.15) is 17.8 Å². The number of rotatable bonds is 3. The lowest BCUT2D eigenvalue weighted by Gasteiger charge is -2.07. The van der Waals surface area contributed by atoms with Crippen molar-refractivity contribution in [2.75, 3.05) is 0 Å². The molecule has 0 aliphatic heterocycles. The molecule has 0 spiro atoms. The van der Waals surface area contributed by atoms with Gasteiger partial charge in [-0.25, -0.2) is 13.8 Å².